The first-order valence-electron chi connectivity index (χ1n) is 6.82. The summed E-state index contributed by atoms with van der Waals surface area (Å²) in [6, 6.07) is 7.59. The molecule has 4 nitrogen and oxygen atoms in total. The summed E-state index contributed by atoms with van der Waals surface area (Å²) in [6.45, 7) is 2.10. The van der Waals surface area contributed by atoms with Crippen molar-refractivity contribution in [2.24, 2.45) is 5.92 Å². The summed E-state index contributed by atoms with van der Waals surface area (Å²) in [6.07, 6.45) is 3.11. The van der Waals surface area contributed by atoms with Crippen molar-refractivity contribution < 1.29 is 14.3 Å². The van der Waals surface area contributed by atoms with Crippen LogP contribution in [0.15, 0.2) is 24.3 Å². The van der Waals surface area contributed by atoms with Gasteiger partial charge in [0.1, 0.15) is 0 Å². The number of benzene rings is 1. The molecule has 2 N–H and O–H groups in total. The maximum atomic E-state index is 11.6. The highest BCUT2D eigenvalue weighted by Gasteiger charge is 2.15. The number of anilines is 1. The van der Waals surface area contributed by atoms with Crippen molar-refractivity contribution in [3.8, 4) is 0 Å². The number of nitrogen functional groups attached to an aromatic ring is 1. The Morgan fingerprint density at radius 1 is 1.26 bits per heavy atom. The number of carbonyl (C=O) groups is 1. The van der Waals surface area contributed by atoms with Gasteiger partial charge in [0.15, 0.2) is 0 Å². The SMILES string of the molecule is Nc1ccc(CCC(=O)OCC2CCOCC2)cc1. The monoisotopic (exact) mass is 263 g/mol. The molecule has 104 valence electrons. The second-order valence-electron chi connectivity index (χ2n) is 4.98. The molecule has 0 saturated carbocycles. The van der Waals surface area contributed by atoms with Gasteiger partial charge in [0.25, 0.3) is 0 Å². The van der Waals surface area contributed by atoms with Crippen molar-refractivity contribution >= 4 is 11.7 Å². The molecular formula is C15H21NO3. The number of hydrogen-bond donors (Lipinski definition) is 1. The molecule has 0 atom stereocenters. The van der Waals surface area contributed by atoms with E-state index >= 15 is 0 Å². The molecule has 1 saturated heterocycles. The number of hydrogen-bond acceptors (Lipinski definition) is 4. The van der Waals surface area contributed by atoms with Gasteiger partial charge in [-0.1, -0.05) is 12.1 Å². The summed E-state index contributed by atoms with van der Waals surface area (Å²) in [7, 11) is 0. The van der Waals surface area contributed by atoms with Crippen LogP contribution >= 0.6 is 0 Å². The van der Waals surface area contributed by atoms with Crippen molar-refractivity contribution in [3.05, 3.63) is 29.8 Å². The molecule has 0 unspecified atom stereocenters. The molecule has 1 aliphatic rings. The van der Waals surface area contributed by atoms with Gasteiger partial charge in [-0.2, -0.15) is 0 Å². The average molecular weight is 263 g/mol. The van der Waals surface area contributed by atoms with Crippen LogP contribution in [-0.4, -0.2) is 25.8 Å². The molecule has 0 amide bonds. The first-order chi connectivity index (χ1) is 9.24. The number of carbonyl (C=O) groups excluding carboxylic acids is 1. The minimum Gasteiger partial charge on any atom is -0.465 e. The molecule has 4 heteroatoms. The zero-order valence-corrected chi connectivity index (χ0v) is 11.1. The van der Waals surface area contributed by atoms with Gasteiger partial charge >= 0.3 is 5.97 Å². The Morgan fingerprint density at radius 2 is 1.95 bits per heavy atom. The molecule has 1 aromatic rings. The third-order valence-electron chi connectivity index (χ3n) is 3.42. The molecule has 1 heterocycles. The molecule has 0 spiro atoms. The Morgan fingerprint density at radius 3 is 2.63 bits per heavy atom. The number of esters is 1. The average Bonchev–Trinajstić information content (AvgIpc) is 2.45. The van der Waals surface area contributed by atoms with Gasteiger partial charge in [-0.05, 0) is 42.9 Å². The molecule has 1 fully saturated rings. The number of nitrogens with two attached hydrogens (primary N) is 1. The third kappa shape index (κ3) is 4.91. The molecule has 2 rings (SSSR count). The van der Waals surface area contributed by atoms with Gasteiger partial charge in [-0.25, -0.2) is 0 Å². The molecule has 1 aromatic carbocycles. The first kappa shape index (κ1) is 13.9. The van der Waals surface area contributed by atoms with Crippen LogP contribution in [0, 0.1) is 5.92 Å². The maximum absolute atomic E-state index is 11.6. The second-order valence-corrected chi connectivity index (χ2v) is 4.98. The van der Waals surface area contributed by atoms with Crippen LogP contribution in [-0.2, 0) is 20.7 Å². The molecule has 1 aliphatic heterocycles. The number of aryl methyl sites for hydroxylation is 1. The van der Waals surface area contributed by atoms with Crippen molar-refractivity contribution in [3.63, 3.8) is 0 Å². The first-order valence-corrected chi connectivity index (χ1v) is 6.82. The van der Waals surface area contributed by atoms with Crippen molar-refractivity contribution in [1.82, 2.24) is 0 Å². The van der Waals surface area contributed by atoms with E-state index in [0.29, 0.717) is 25.4 Å². The quantitative estimate of drug-likeness (QED) is 0.653. The van der Waals surface area contributed by atoms with E-state index in [9.17, 15) is 4.79 Å². The normalized spacial score (nSPS) is 16.2. The smallest absolute Gasteiger partial charge is 0.306 e. The molecule has 0 aromatic heterocycles. The summed E-state index contributed by atoms with van der Waals surface area (Å²) in [4.78, 5) is 11.6. The van der Waals surface area contributed by atoms with E-state index in [4.69, 9.17) is 15.2 Å². The van der Waals surface area contributed by atoms with Gasteiger partial charge in [-0.15, -0.1) is 0 Å². The summed E-state index contributed by atoms with van der Waals surface area (Å²) in [5.74, 6) is 0.345. The van der Waals surface area contributed by atoms with Crippen molar-refractivity contribution in [2.45, 2.75) is 25.7 Å². The topological polar surface area (TPSA) is 61.6 Å². The van der Waals surface area contributed by atoms with Crippen LogP contribution in [0.3, 0.4) is 0 Å². The van der Waals surface area contributed by atoms with Crippen LogP contribution in [0.5, 0.6) is 0 Å². The lowest BCUT2D eigenvalue weighted by Crippen LogP contribution is -2.22. The Labute approximate surface area is 113 Å². The summed E-state index contributed by atoms with van der Waals surface area (Å²) in [5, 5.41) is 0. The Bertz CT molecular complexity index is 396. The van der Waals surface area contributed by atoms with E-state index in [1.165, 1.54) is 0 Å². The van der Waals surface area contributed by atoms with Gasteiger partial charge < -0.3 is 15.2 Å². The van der Waals surface area contributed by atoms with E-state index in [0.717, 1.165) is 37.3 Å². The fraction of sp³-hybridized carbons (Fsp3) is 0.533. The summed E-state index contributed by atoms with van der Waals surface area (Å²) >= 11 is 0. The summed E-state index contributed by atoms with van der Waals surface area (Å²) < 4.78 is 10.6. The van der Waals surface area contributed by atoms with E-state index < -0.39 is 0 Å². The van der Waals surface area contributed by atoms with Gasteiger partial charge in [0.05, 0.1) is 6.61 Å². The predicted octanol–water partition coefficient (Wildman–Crippen LogP) is 2.17. The second kappa shape index (κ2) is 7.14. The molecule has 0 bridgehead atoms. The lowest BCUT2D eigenvalue weighted by Gasteiger charge is -2.21. The van der Waals surface area contributed by atoms with Crippen LogP contribution in [0.25, 0.3) is 0 Å². The highest BCUT2D eigenvalue weighted by molar-refractivity contribution is 5.69. The van der Waals surface area contributed by atoms with Crippen LogP contribution in [0.2, 0.25) is 0 Å². The van der Waals surface area contributed by atoms with Gasteiger partial charge in [0, 0.05) is 25.3 Å². The minimum atomic E-state index is -0.122. The third-order valence-corrected chi connectivity index (χ3v) is 3.42. The van der Waals surface area contributed by atoms with Gasteiger partial charge in [0.2, 0.25) is 0 Å². The van der Waals surface area contributed by atoms with Crippen LogP contribution < -0.4 is 5.73 Å². The maximum Gasteiger partial charge on any atom is 0.306 e. The lowest BCUT2D eigenvalue weighted by atomic mass is 10.0. The van der Waals surface area contributed by atoms with Crippen molar-refractivity contribution in [2.75, 3.05) is 25.6 Å². The fourth-order valence-corrected chi connectivity index (χ4v) is 2.13. The fourth-order valence-electron chi connectivity index (χ4n) is 2.13. The predicted molar refractivity (Wildman–Crippen MR) is 73.7 cm³/mol. The van der Waals surface area contributed by atoms with E-state index in [1.54, 1.807) is 0 Å². The van der Waals surface area contributed by atoms with E-state index in [1.807, 2.05) is 24.3 Å². The standard InChI is InChI=1S/C15H21NO3/c16-14-4-1-12(2-5-14)3-6-15(17)19-11-13-7-9-18-10-8-13/h1-2,4-5,13H,3,6-11,16H2. The van der Waals surface area contributed by atoms with Gasteiger partial charge in [-0.3, -0.25) is 4.79 Å². The Balaban J connectivity index is 1.65. The van der Waals surface area contributed by atoms with Crippen LogP contribution in [0.1, 0.15) is 24.8 Å². The van der Waals surface area contributed by atoms with E-state index in [-0.39, 0.29) is 5.97 Å². The number of rotatable bonds is 5. The zero-order chi connectivity index (χ0) is 13.5. The van der Waals surface area contributed by atoms with E-state index in [2.05, 4.69) is 0 Å². The lowest BCUT2D eigenvalue weighted by molar-refractivity contribution is -0.145. The zero-order valence-electron chi connectivity index (χ0n) is 11.1. The summed E-state index contributed by atoms with van der Waals surface area (Å²) in [5.41, 5.74) is 7.46. The molecule has 0 aliphatic carbocycles. The Kier molecular flexibility index (Phi) is 5.21. The Hall–Kier alpha value is -1.55. The minimum absolute atomic E-state index is 0.122. The van der Waals surface area contributed by atoms with Crippen LogP contribution in [0.4, 0.5) is 5.69 Å². The molecular weight excluding hydrogens is 242 g/mol. The largest absolute Gasteiger partial charge is 0.465 e. The number of ether oxygens (including phenoxy) is 2. The molecule has 19 heavy (non-hydrogen) atoms. The molecule has 0 radical (unpaired) electrons. The highest BCUT2D eigenvalue weighted by atomic mass is 16.5. The highest BCUT2D eigenvalue weighted by Crippen LogP contribution is 2.15. The van der Waals surface area contributed by atoms with Crippen molar-refractivity contribution in [1.29, 1.82) is 0 Å².